The highest BCUT2D eigenvalue weighted by molar-refractivity contribution is 7.92. The van der Waals surface area contributed by atoms with E-state index in [2.05, 4.69) is 17.0 Å². The van der Waals surface area contributed by atoms with Gasteiger partial charge in [0.2, 0.25) is 0 Å². The smallest absolute Gasteiger partial charge is 0.261 e. The van der Waals surface area contributed by atoms with E-state index in [1.807, 2.05) is 12.1 Å². The van der Waals surface area contributed by atoms with Gasteiger partial charge in [-0.15, -0.1) is 0 Å². The zero-order valence-corrected chi connectivity index (χ0v) is 11.9. The van der Waals surface area contributed by atoms with Gasteiger partial charge in [0, 0.05) is 17.4 Å². The van der Waals surface area contributed by atoms with Crippen molar-refractivity contribution in [1.82, 2.24) is 0 Å². The summed E-state index contributed by atoms with van der Waals surface area (Å²) >= 11 is 0. The number of rotatable bonds is 3. The molecule has 0 aliphatic carbocycles. The van der Waals surface area contributed by atoms with Gasteiger partial charge in [0.05, 0.1) is 4.90 Å². The van der Waals surface area contributed by atoms with E-state index in [1.165, 1.54) is 0 Å². The van der Waals surface area contributed by atoms with Crippen LogP contribution >= 0.6 is 0 Å². The molecule has 2 aromatic rings. The number of nitrogens with one attached hydrogen (secondary N) is 2. The molecule has 0 spiro atoms. The molecule has 104 valence electrons. The third kappa shape index (κ3) is 2.49. The van der Waals surface area contributed by atoms with Crippen molar-refractivity contribution in [3.63, 3.8) is 0 Å². The first-order valence-electron chi connectivity index (χ1n) is 6.52. The second kappa shape index (κ2) is 4.83. The first kappa shape index (κ1) is 13.0. The predicted octanol–water partition coefficient (Wildman–Crippen LogP) is 2.84. The van der Waals surface area contributed by atoms with Crippen LogP contribution in [0.5, 0.6) is 0 Å². The van der Waals surface area contributed by atoms with Gasteiger partial charge in [-0.25, -0.2) is 8.42 Å². The maximum atomic E-state index is 12.4. The molecule has 2 N–H and O–H groups in total. The van der Waals surface area contributed by atoms with E-state index in [1.54, 1.807) is 36.4 Å². The second-order valence-corrected chi connectivity index (χ2v) is 6.72. The van der Waals surface area contributed by atoms with Crippen LogP contribution in [0.2, 0.25) is 0 Å². The number of anilines is 2. The molecule has 0 bridgehead atoms. The van der Waals surface area contributed by atoms with Crippen molar-refractivity contribution in [2.24, 2.45) is 0 Å². The van der Waals surface area contributed by atoms with Crippen molar-refractivity contribution in [2.45, 2.75) is 24.3 Å². The van der Waals surface area contributed by atoms with E-state index in [4.69, 9.17) is 0 Å². The van der Waals surface area contributed by atoms with Crippen LogP contribution in [-0.2, 0) is 16.4 Å². The topological polar surface area (TPSA) is 58.2 Å². The Morgan fingerprint density at radius 2 is 1.90 bits per heavy atom. The molecule has 1 atom stereocenters. The number of para-hydroxylation sites is 1. The minimum Gasteiger partial charge on any atom is -0.382 e. The fourth-order valence-electron chi connectivity index (χ4n) is 2.41. The van der Waals surface area contributed by atoms with Gasteiger partial charge in [-0.05, 0) is 49.2 Å². The summed E-state index contributed by atoms with van der Waals surface area (Å²) in [5.41, 5.74) is 2.64. The Labute approximate surface area is 118 Å². The molecule has 0 unspecified atom stereocenters. The van der Waals surface area contributed by atoms with Crippen LogP contribution in [0.25, 0.3) is 0 Å². The molecule has 1 heterocycles. The van der Waals surface area contributed by atoms with Gasteiger partial charge in [-0.3, -0.25) is 4.72 Å². The Hall–Kier alpha value is -2.01. The van der Waals surface area contributed by atoms with Crippen molar-refractivity contribution in [3.05, 3.63) is 54.1 Å². The molecule has 2 aromatic carbocycles. The minimum absolute atomic E-state index is 0.302. The van der Waals surface area contributed by atoms with Crippen molar-refractivity contribution in [2.75, 3.05) is 10.0 Å². The maximum absolute atomic E-state index is 12.4. The van der Waals surface area contributed by atoms with Crippen LogP contribution in [0.15, 0.2) is 53.4 Å². The first-order valence-corrected chi connectivity index (χ1v) is 8.00. The highest BCUT2D eigenvalue weighted by atomic mass is 32.2. The third-order valence-corrected chi connectivity index (χ3v) is 4.72. The minimum atomic E-state index is -3.53. The summed E-state index contributed by atoms with van der Waals surface area (Å²) in [6, 6.07) is 14.5. The summed E-state index contributed by atoms with van der Waals surface area (Å²) in [6.45, 7) is 2.08. The quantitative estimate of drug-likeness (QED) is 0.913. The molecule has 3 rings (SSSR count). The molecular formula is C15H16N2O2S. The average molecular weight is 288 g/mol. The molecule has 0 fully saturated rings. The van der Waals surface area contributed by atoms with Crippen LogP contribution in [-0.4, -0.2) is 14.5 Å². The molecule has 5 heteroatoms. The van der Waals surface area contributed by atoms with Crippen LogP contribution in [0.4, 0.5) is 11.4 Å². The summed E-state index contributed by atoms with van der Waals surface area (Å²) in [7, 11) is -3.53. The number of hydrogen-bond acceptors (Lipinski definition) is 3. The standard InChI is InChI=1S/C15H16N2O2S/c1-11-9-12-10-14(7-8-15(12)16-11)20(18,19)17-13-5-3-2-4-6-13/h2-8,10-11,16-17H,9H2,1H3/t11-/m0/s1. The fraction of sp³-hybridized carbons (Fsp3) is 0.200. The lowest BCUT2D eigenvalue weighted by Gasteiger charge is -2.09. The van der Waals surface area contributed by atoms with Crippen LogP contribution in [0.1, 0.15) is 12.5 Å². The number of hydrogen-bond donors (Lipinski definition) is 2. The zero-order valence-electron chi connectivity index (χ0n) is 11.1. The second-order valence-electron chi connectivity index (χ2n) is 5.04. The van der Waals surface area contributed by atoms with E-state index in [0.717, 1.165) is 17.7 Å². The van der Waals surface area contributed by atoms with Crippen LogP contribution in [0, 0.1) is 0 Å². The van der Waals surface area contributed by atoms with Gasteiger partial charge in [0.15, 0.2) is 0 Å². The molecule has 4 nitrogen and oxygen atoms in total. The van der Waals surface area contributed by atoms with Crippen LogP contribution < -0.4 is 10.0 Å². The van der Waals surface area contributed by atoms with E-state index in [0.29, 0.717) is 16.6 Å². The molecule has 0 aromatic heterocycles. The van der Waals surface area contributed by atoms with Gasteiger partial charge in [-0.1, -0.05) is 18.2 Å². The van der Waals surface area contributed by atoms with Gasteiger partial charge < -0.3 is 5.32 Å². The fourth-order valence-corrected chi connectivity index (χ4v) is 3.52. The maximum Gasteiger partial charge on any atom is 0.261 e. The molecule has 0 saturated carbocycles. The van der Waals surface area contributed by atoms with Crippen molar-refractivity contribution >= 4 is 21.4 Å². The first-order chi connectivity index (χ1) is 9.54. The van der Waals surface area contributed by atoms with Crippen molar-refractivity contribution in [3.8, 4) is 0 Å². The van der Waals surface area contributed by atoms with Gasteiger partial charge >= 0.3 is 0 Å². The van der Waals surface area contributed by atoms with Crippen LogP contribution in [0.3, 0.4) is 0 Å². The monoisotopic (exact) mass is 288 g/mol. The van der Waals surface area contributed by atoms with E-state index < -0.39 is 10.0 Å². The summed E-state index contributed by atoms with van der Waals surface area (Å²) in [5.74, 6) is 0. The van der Waals surface area contributed by atoms with E-state index in [-0.39, 0.29) is 0 Å². The SMILES string of the molecule is C[C@H]1Cc2cc(S(=O)(=O)Nc3ccccc3)ccc2N1. The van der Waals surface area contributed by atoms with Crippen molar-refractivity contribution in [1.29, 1.82) is 0 Å². The highest BCUT2D eigenvalue weighted by Crippen LogP contribution is 2.28. The third-order valence-electron chi connectivity index (χ3n) is 3.34. The lowest BCUT2D eigenvalue weighted by atomic mass is 10.1. The molecule has 0 amide bonds. The predicted molar refractivity (Wildman–Crippen MR) is 80.5 cm³/mol. The van der Waals surface area contributed by atoms with E-state index in [9.17, 15) is 8.42 Å². The Balaban J connectivity index is 1.91. The largest absolute Gasteiger partial charge is 0.382 e. The Morgan fingerprint density at radius 1 is 1.15 bits per heavy atom. The molecule has 1 aliphatic rings. The Bertz CT molecular complexity index is 727. The summed E-state index contributed by atoms with van der Waals surface area (Å²) in [5, 5.41) is 3.31. The Morgan fingerprint density at radius 3 is 2.65 bits per heavy atom. The number of sulfonamides is 1. The highest BCUT2D eigenvalue weighted by Gasteiger charge is 2.21. The number of benzene rings is 2. The molecular weight excluding hydrogens is 272 g/mol. The average Bonchev–Trinajstić information content (AvgIpc) is 2.78. The van der Waals surface area contributed by atoms with Gasteiger partial charge in [0.25, 0.3) is 10.0 Å². The van der Waals surface area contributed by atoms with E-state index >= 15 is 0 Å². The summed E-state index contributed by atoms with van der Waals surface area (Å²) in [6.07, 6.45) is 0.851. The molecule has 20 heavy (non-hydrogen) atoms. The summed E-state index contributed by atoms with van der Waals surface area (Å²) in [4.78, 5) is 0.302. The number of fused-ring (bicyclic) bond motifs is 1. The van der Waals surface area contributed by atoms with Crippen molar-refractivity contribution < 1.29 is 8.42 Å². The molecule has 1 aliphatic heterocycles. The Kier molecular flexibility index (Phi) is 3.14. The lowest BCUT2D eigenvalue weighted by Crippen LogP contribution is -2.13. The lowest BCUT2D eigenvalue weighted by molar-refractivity contribution is 0.601. The normalized spacial score (nSPS) is 17.4. The zero-order chi connectivity index (χ0) is 14.2. The molecule has 0 radical (unpaired) electrons. The summed E-state index contributed by atoms with van der Waals surface area (Å²) < 4.78 is 27.3. The van der Waals surface area contributed by atoms with Gasteiger partial charge in [-0.2, -0.15) is 0 Å². The van der Waals surface area contributed by atoms with Gasteiger partial charge in [0.1, 0.15) is 0 Å². The molecule has 0 saturated heterocycles.